The van der Waals surface area contributed by atoms with Gasteiger partial charge in [-0.05, 0) is 43.4 Å². The molecule has 0 aliphatic heterocycles. The van der Waals surface area contributed by atoms with Crippen LogP contribution in [0.4, 0.5) is 0 Å². The zero-order valence-electron chi connectivity index (χ0n) is 15.7. The van der Waals surface area contributed by atoms with Crippen LogP contribution in [-0.4, -0.2) is 16.4 Å². The fourth-order valence-corrected chi connectivity index (χ4v) is 3.66. The van der Waals surface area contributed by atoms with Crippen molar-refractivity contribution in [2.75, 3.05) is 0 Å². The number of carbonyl (C=O) groups excluding carboxylic acids is 1. The summed E-state index contributed by atoms with van der Waals surface area (Å²) in [5.74, 6) is 0.418. The largest absolute Gasteiger partial charge is 0.346 e. The fourth-order valence-electron chi connectivity index (χ4n) is 3.66. The third kappa shape index (κ3) is 4.48. The van der Waals surface area contributed by atoms with Crippen molar-refractivity contribution in [2.45, 2.75) is 39.2 Å². The molecule has 0 spiro atoms. The van der Waals surface area contributed by atoms with Crippen LogP contribution < -0.4 is 5.32 Å². The number of nitrogens with one attached hydrogen (secondary N) is 1. The normalized spacial score (nSPS) is 13.5. The molecule has 26 heavy (non-hydrogen) atoms. The first-order valence-electron chi connectivity index (χ1n) is 9.16. The molecule has 3 nitrogen and oxygen atoms in total. The van der Waals surface area contributed by atoms with E-state index in [9.17, 15) is 4.79 Å². The van der Waals surface area contributed by atoms with E-state index in [4.69, 9.17) is 0 Å². The first-order chi connectivity index (χ1) is 12.5. The molecule has 0 unspecified atom stereocenters. The number of fused-ring (bicyclic) bond motifs is 1. The van der Waals surface area contributed by atoms with E-state index in [0.717, 1.165) is 23.7 Å². The zero-order chi connectivity index (χ0) is 18.6. The number of rotatable bonds is 6. The molecule has 0 bridgehead atoms. The van der Waals surface area contributed by atoms with Crippen molar-refractivity contribution in [3.8, 4) is 0 Å². The molecule has 1 heterocycles. The second-order valence-corrected chi connectivity index (χ2v) is 7.69. The summed E-state index contributed by atoms with van der Waals surface area (Å²) in [6, 6.07) is 20.1. The van der Waals surface area contributed by atoms with Crippen LogP contribution in [0.15, 0.2) is 66.9 Å². The molecule has 1 N–H and O–H groups in total. The van der Waals surface area contributed by atoms with Crippen molar-refractivity contribution >= 4 is 16.8 Å². The summed E-state index contributed by atoms with van der Waals surface area (Å²) in [6.45, 7) is 6.51. The third-order valence-electron chi connectivity index (χ3n) is 4.56. The number of hydrogen-bond donors (Lipinski definition) is 1. The maximum Gasteiger partial charge on any atom is 0.253 e. The highest BCUT2D eigenvalue weighted by Gasteiger charge is 2.28. The first-order valence-corrected chi connectivity index (χ1v) is 9.16. The van der Waals surface area contributed by atoms with Gasteiger partial charge in [-0.2, -0.15) is 0 Å². The van der Waals surface area contributed by atoms with Crippen LogP contribution in [-0.2, 0) is 6.42 Å². The van der Waals surface area contributed by atoms with Gasteiger partial charge in [0.25, 0.3) is 5.91 Å². The van der Waals surface area contributed by atoms with Gasteiger partial charge in [0.05, 0.1) is 11.1 Å². The van der Waals surface area contributed by atoms with Crippen molar-refractivity contribution in [2.24, 2.45) is 5.92 Å². The lowest BCUT2D eigenvalue weighted by atomic mass is 9.84. The van der Waals surface area contributed by atoms with Gasteiger partial charge in [0.1, 0.15) is 0 Å². The number of aromatic nitrogens is 1. The summed E-state index contributed by atoms with van der Waals surface area (Å²) in [4.78, 5) is 17.3. The lowest BCUT2D eigenvalue weighted by molar-refractivity contribution is 0.0894. The van der Waals surface area contributed by atoms with Gasteiger partial charge in [-0.15, -0.1) is 0 Å². The van der Waals surface area contributed by atoms with Gasteiger partial charge in [-0.3, -0.25) is 9.78 Å². The molecule has 134 valence electrons. The van der Waals surface area contributed by atoms with Crippen molar-refractivity contribution in [1.29, 1.82) is 0 Å². The van der Waals surface area contributed by atoms with E-state index in [-0.39, 0.29) is 11.4 Å². The SMILES string of the molecule is CC(C)C[C@](C)(Cc1ccccc1)NC(=O)c1cnc2ccccc2c1. The lowest BCUT2D eigenvalue weighted by Gasteiger charge is -2.33. The Morgan fingerprint density at radius 2 is 1.77 bits per heavy atom. The Morgan fingerprint density at radius 3 is 2.50 bits per heavy atom. The maximum atomic E-state index is 12.9. The predicted molar refractivity (Wildman–Crippen MR) is 107 cm³/mol. The molecule has 0 aliphatic carbocycles. The van der Waals surface area contributed by atoms with Crippen molar-refractivity contribution in [3.05, 3.63) is 78.0 Å². The van der Waals surface area contributed by atoms with Crippen LogP contribution in [0.3, 0.4) is 0 Å². The lowest BCUT2D eigenvalue weighted by Crippen LogP contribution is -2.48. The summed E-state index contributed by atoms with van der Waals surface area (Å²) in [5.41, 5.74) is 2.43. The van der Waals surface area contributed by atoms with Gasteiger partial charge < -0.3 is 5.32 Å². The quantitative estimate of drug-likeness (QED) is 0.681. The monoisotopic (exact) mass is 346 g/mol. The highest BCUT2D eigenvalue weighted by molar-refractivity contribution is 5.97. The number of hydrogen-bond acceptors (Lipinski definition) is 2. The maximum absolute atomic E-state index is 12.9. The second kappa shape index (κ2) is 7.69. The molecule has 2 aromatic carbocycles. The van der Waals surface area contributed by atoms with Crippen LogP contribution in [0.5, 0.6) is 0 Å². The van der Waals surface area contributed by atoms with E-state index in [1.54, 1.807) is 6.20 Å². The molecule has 1 amide bonds. The molecule has 3 rings (SSSR count). The minimum absolute atomic E-state index is 0.0673. The number of carbonyl (C=O) groups is 1. The number of nitrogens with zero attached hydrogens (tertiary/aromatic N) is 1. The van der Waals surface area contributed by atoms with Crippen molar-refractivity contribution in [1.82, 2.24) is 10.3 Å². The highest BCUT2D eigenvalue weighted by atomic mass is 16.1. The molecule has 1 atom stereocenters. The van der Waals surface area contributed by atoms with Gasteiger partial charge in [0.2, 0.25) is 0 Å². The van der Waals surface area contributed by atoms with Crippen LogP contribution in [0.1, 0.15) is 43.1 Å². The minimum atomic E-state index is -0.307. The molecule has 0 radical (unpaired) electrons. The molecule has 1 aromatic heterocycles. The highest BCUT2D eigenvalue weighted by Crippen LogP contribution is 2.23. The van der Waals surface area contributed by atoms with E-state index < -0.39 is 0 Å². The van der Waals surface area contributed by atoms with Gasteiger partial charge in [-0.25, -0.2) is 0 Å². The Morgan fingerprint density at radius 1 is 1.08 bits per heavy atom. The van der Waals surface area contributed by atoms with E-state index >= 15 is 0 Å². The molecular formula is C23H26N2O. The van der Waals surface area contributed by atoms with E-state index in [2.05, 4.69) is 43.2 Å². The predicted octanol–water partition coefficient (Wildman–Crippen LogP) is 5.01. The molecule has 0 aliphatic rings. The van der Waals surface area contributed by atoms with Gasteiger partial charge in [0, 0.05) is 17.1 Å². The first kappa shape index (κ1) is 18.1. The van der Waals surface area contributed by atoms with Crippen molar-refractivity contribution in [3.63, 3.8) is 0 Å². The summed E-state index contributed by atoms with van der Waals surface area (Å²) in [7, 11) is 0. The average molecular weight is 346 g/mol. The third-order valence-corrected chi connectivity index (χ3v) is 4.56. The smallest absolute Gasteiger partial charge is 0.253 e. The van der Waals surface area contributed by atoms with Crippen LogP contribution in [0, 0.1) is 5.92 Å². The summed E-state index contributed by atoms with van der Waals surface area (Å²) in [6.07, 6.45) is 3.38. The van der Waals surface area contributed by atoms with E-state index in [1.807, 2.05) is 48.5 Å². The average Bonchev–Trinajstić information content (AvgIpc) is 2.61. The summed E-state index contributed by atoms with van der Waals surface area (Å²) >= 11 is 0. The Hall–Kier alpha value is -2.68. The van der Waals surface area contributed by atoms with Gasteiger partial charge in [-0.1, -0.05) is 62.4 Å². The molecule has 0 saturated heterocycles. The Balaban J connectivity index is 1.83. The summed E-state index contributed by atoms with van der Waals surface area (Å²) in [5, 5.41) is 4.26. The Kier molecular flexibility index (Phi) is 5.36. The molecule has 0 fully saturated rings. The molecule has 3 heteroatoms. The zero-order valence-corrected chi connectivity index (χ0v) is 15.7. The summed E-state index contributed by atoms with van der Waals surface area (Å²) < 4.78 is 0. The molecule has 0 saturated carbocycles. The van der Waals surface area contributed by atoms with E-state index in [1.165, 1.54) is 5.56 Å². The molecular weight excluding hydrogens is 320 g/mol. The number of para-hydroxylation sites is 1. The van der Waals surface area contributed by atoms with Gasteiger partial charge in [0.15, 0.2) is 0 Å². The molecule has 3 aromatic rings. The number of benzene rings is 2. The van der Waals surface area contributed by atoms with Crippen LogP contribution >= 0.6 is 0 Å². The standard InChI is InChI=1S/C23H26N2O/c1-17(2)14-23(3,15-18-9-5-4-6-10-18)25-22(26)20-13-19-11-7-8-12-21(19)24-16-20/h4-13,16-17H,14-15H2,1-3H3,(H,25,26)/t23-/m1/s1. The van der Waals surface area contributed by atoms with Gasteiger partial charge >= 0.3 is 0 Å². The number of amides is 1. The topological polar surface area (TPSA) is 42.0 Å². The number of pyridine rings is 1. The Labute approximate surface area is 155 Å². The Bertz CT molecular complexity index is 889. The fraction of sp³-hybridized carbons (Fsp3) is 0.304. The van der Waals surface area contributed by atoms with E-state index in [0.29, 0.717) is 11.5 Å². The van der Waals surface area contributed by atoms with Crippen LogP contribution in [0.25, 0.3) is 10.9 Å². The van der Waals surface area contributed by atoms with Crippen molar-refractivity contribution < 1.29 is 4.79 Å². The minimum Gasteiger partial charge on any atom is -0.346 e. The second-order valence-electron chi connectivity index (χ2n) is 7.69. The van der Waals surface area contributed by atoms with Crippen LogP contribution in [0.2, 0.25) is 0 Å².